The molecule has 0 atom stereocenters. The molecular formula is C14H10N2OS. The maximum Gasteiger partial charge on any atom is 0.274 e. The highest BCUT2D eigenvalue weighted by molar-refractivity contribution is 7.08. The van der Waals surface area contributed by atoms with Gasteiger partial charge in [0.1, 0.15) is 5.69 Å². The number of nitrogens with one attached hydrogen (secondary N) is 1. The van der Waals surface area contributed by atoms with Gasteiger partial charge in [-0.25, -0.2) is 4.98 Å². The first kappa shape index (κ1) is 10.9. The third kappa shape index (κ3) is 2.10. The Labute approximate surface area is 107 Å². The molecule has 0 fully saturated rings. The van der Waals surface area contributed by atoms with E-state index < -0.39 is 0 Å². The van der Waals surface area contributed by atoms with Crippen molar-refractivity contribution in [1.29, 1.82) is 0 Å². The molecule has 0 saturated heterocycles. The van der Waals surface area contributed by atoms with Crippen LogP contribution in [0.3, 0.4) is 0 Å². The number of hydrogen-bond acceptors (Lipinski definition) is 3. The summed E-state index contributed by atoms with van der Waals surface area (Å²) in [5, 5.41) is 4.02. The molecule has 3 rings (SSSR count). The number of aromatic nitrogens is 2. The predicted molar refractivity (Wildman–Crippen MR) is 75.6 cm³/mol. The second-order valence-electron chi connectivity index (χ2n) is 3.86. The van der Waals surface area contributed by atoms with Gasteiger partial charge in [-0.05, 0) is 40.6 Å². The maximum atomic E-state index is 11.8. The van der Waals surface area contributed by atoms with Crippen LogP contribution in [0.15, 0.2) is 45.9 Å². The summed E-state index contributed by atoms with van der Waals surface area (Å²) in [4.78, 5) is 19.0. The van der Waals surface area contributed by atoms with Crippen LogP contribution in [0.25, 0.3) is 23.2 Å². The maximum absolute atomic E-state index is 11.8. The van der Waals surface area contributed by atoms with E-state index in [9.17, 15) is 4.79 Å². The lowest BCUT2D eigenvalue weighted by molar-refractivity contribution is 1.19. The molecule has 3 aromatic rings. The molecule has 0 aliphatic rings. The summed E-state index contributed by atoms with van der Waals surface area (Å²) in [6.07, 6.45) is 3.64. The molecule has 0 bridgehead atoms. The Morgan fingerprint density at radius 2 is 2.06 bits per heavy atom. The van der Waals surface area contributed by atoms with Crippen LogP contribution in [0.4, 0.5) is 0 Å². The second-order valence-corrected chi connectivity index (χ2v) is 4.64. The lowest BCUT2D eigenvalue weighted by atomic mass is 10.2. The van der Waals surface area contributed by atoms with Crippen molar-refractivity contribution in [3.05, 3.63) is 62.7 Å². The number of H-pyrrole nitrogens is 1. The van der Waals surface area contributed by atoms with Crippen molar-refractivity contribution in [3.63, 3.8) is 0 Å². The minimum absolute atomic E-state index is 0.167. The zero-order valence-electron chi connectivity index (χ0n) is 9.46. The summed E-state index contributed by atoms with van der Waals surface area (Å²) in [5.74, 6) is 0. The SMILES string of the molecule is O=c1[nH]c2ccccc2nc1/C=C/c1ccsc1. The number of fused-ring (bicyclic) bond motifs is 1. The van der Waals surface area contributed by atoms with Gasteiger partial charge in [0.05, 0.1) is 11.0 Å². The topological polar surface area (TPSA) is 45.8 Å². The van der Waals surface area contributed by atoms with Gasteiger partial charge in [-0.1, -0.05) is 18.2 Å². The van der Waals surface area contributed by atoms with Crippen molar-refractivity contribution >= 4 is 34.5 Å². The summed E-state index contributed by atoms with van der Waals surface area (Å²) >= 11 is 1.62. The summed E-state index contributed by atoms with van der Waals surface area (Å²) in [6, 6.07) is 9.50. The Morgan fingerprint density at radius 3 is 2.89 bits per heavy atom. The number of hydrogen-bond donors (Lipinski definition) is 1. The third-order valence-corrected chi connectivity index (χ3v) is 3.30. The van der Waals surface area contributed by atoms with E-state index in [0.29, 0.717) is 5.69 Å². The summed E-state index contributed by atoms with van der Waals surface area (Å²) in [5.41, 5.74) is 2.90. The number of rotatable bonds is 2. The van der Waals surface area contributed by atoms with Gasteiger partial charge < -0.3 is 4.98 Å². The number of para-hydroxylation sites is 2. The molecule has 4 heteroatoms. The lowest BCUT2D eigenvalue weighted by Gasteiger charge is -1.97. The fraction of sp³-hybridized carbons (Fsp3) is 0. The second kappa shape index (κ2) is 4.58. The number of thiophene rings is 1. The first-order valence-electron chi connectivity index (χ1n) is 5.52. The Kier molecular flexibility index (Phi) is 2.78. The minimum Gasteiger partial charge on any atom is -0.319 e. The molecule has 0 unspecified atom stereocenters. The van der Waals surface area contributed by atoms with Gasteiger partial charge >= 0.3 is 0 Å². The molecule has 0 saturated carbocycles. The molecule has 0 amide bonds. The van der Waals surface area contributed by atoms with Crippen molar-refractivity contribution in [2.75, 3.05) is 0 Å². The number of aromatic amines is 1. The van der Waals surface area contributed by atoms with Crippen LogP contribution >= 0.6 is 11.3 Å². The van der Waals surface area contributed by atoms with Gasteiger partial charge in [0.15, 0.2) is 0 Å². The first-order chi connectivity index (χ1) is 8.83. The van der Waals surface area contributed by atoms with Gasteiger partial charge in [-0.3, -0.25) is 4.79 Å². The quantitative estimate of drug-likeness (QED) is 0.763. The summed E-state index contributed by atoms with van der Waals surface area (Å²) < 4.78 is 0. The molecule has 2 aromatic heterocycles. The molecule has 0 radical (unpaired) electrons. The van der Waals surface area contributed by atoms with Crippen molar-refractivity contribution in [1.82, 2.24) is 9.97 Å². The minimum atomic E-state index is -0.167. The molecule has 1 aromatic carbocycles. The first-order valence-corrected chi connectivity index (χ1v) is 6.46. The van der Waals surface area contributed by atoms with E-state index in [1.807, 2.05) is 47.2 Å². The van der Waals surface area contributed by atoms with E-state index in [1.165, 1.54) is 0 Å². The molecule has 2 heterocycles. The average Bonchev–Trinajstić information content (AvgIpc) is 2.89. The van der Waals surface area contributed by atoms with E-state index in [2.05, 4.69) is 9.97 Å². The van der Waals surface area contributed by atoms with Crippen LogP contribution in [0.2, 0.25) is 0 Å². The fourth-order valence-corrected chi connectivity index (χ4v) is 2.33. The zero-order chi connectivity index (χ0) is 12.4. The van der Waals surface area contributed by atoms with E-state index in [0.717, 1.165) is 16.6 Å². The van der Waals surface area contributed by atoms with Gasteiger partial charge in [-0.2, -0.15) is 11.3 Å². The highest BCUT2D eigenvalue weighted by Gasteiger charge is 2.00. The van der Waals surface area contributed by atoms with Crippen molar-refractivity contribution in [3.8, 4) is 0 Å². The number of nitrogens with zero attached hydrogens (tertiary/aromatic N) is 1. The molecule has 0 aliphatic heterocycles. The Bertz CT molecular complexity index is 757. The van der Waals surface area contributed by atoms with Crippen LogP contribution in [-0.4, -0.2) is 9.97 Å². The lowest BCUT2D eigenvalue weighted by Crippen LogP contribution is -2.11. The fourth-order valence-electron chi connectivity index (χ4n) is 1.70. The van der Waals surface area contributed by atoms with Gasteiger partial charge in [0.2, 0.25) is 0 Å². The van der Waals surface area contributed by atoms with Crippen LogP contribution in [0, 0.1) is 0 Å². The molecule has 18 heavy (non-hydrogen) atoms. The van der Waals surface area contributed by atoms with Crippen molar-refractivity contribution in [2.45, 2.75) is 0 Å². The Morgan fingerprint density at radius 1 is 1.17 bits per heavy atom. The highest BCUT2D eigenvalue weighted by atomic mass is 32.1. The van der Waals surface area contributed by atoms with Gasteiger partial charge in [-0.15, -0.1) is 0 Å². The zero-order valence-corrected chi connectivity index (χ0v) is 10.3. The smallest absolute Gasteiger partial charge is 0.274 e. The van der Waals surface area contributed by atoms with Crippen LogP contribution in [-0.2, 0) is 0 Å². The third-order valence-electron chi connectivity index (χ3n) is 2.60. The van der Waals surface area contributed by atoms with Crippen molar-refractivity contribution < 1.29 is 0 Å². The molecule has 3 nitrogen and oxygen atoms in total. The Hall–Kier alpha value is -2.20. The highest BCUT2D eigenvalue weighted by Crippen LogP contribution is 2.10. The summed E-state index contributed by atoms with van der Waals surface area (Å²) in [7, 11) is 0. The normalized spacial score (nSPS) is 11.3. The average molecular weight is 254 g/mol. The van der Waals surface area contributed by atoms with E-state index in [4.69, 9.17) is 0 Å². The molecule has 88 valence electrons. The molecule has 0 aliphatic carbocycles. The van der Waals surface area contributed by atoms with E-state index >= 15 is 0 Å². The predicted octanol–water partition coefficient (Wildman–Crippen LogP) is 3.16. The molecule has 1 N–H and O–H groups in total. The van der Waals surface area contributed by atoms with Gasteiger partial charge in [0, 0.05) is 0 Å². The van der Waals surface area contributed by atoms with Crippen molar-refractivity contribution in [2.24, 2.45) is 0 Å². The monoisotopic (exact) mass is 254 g/mol. The van der Waals surface area contributed by atoms with Crippen LogP contribution < -0.4 is 5.56 Å². The van der Waals surface area contributed by atoms with E-state index in [1.54, 1.807) is 17.4 Å². The summed E-state index contributed by atoms with van der Waals surface area (Å²) in [6.45, 7) is 0. The molecular weight excluding hydrogens is 244 g/mol. The van der Waals surface area contributed by atoms with Gasteiger partial charge in [0.25, 0.3) is 5.56 Å². The number of benzene rings is 1. The Balaban J connectivity index is 2.07. The largest absolute Gasteiger partial charge is 0.319 e. The van der Waals surface area contributed by atoms with E-state index in [-0.39, 0.29) is 5.56 Å². The molecule has 0 spiro atoms. The van der Waals surface area contributed by atoms with Crippen LogP contribution in [0.5, 0.6) is 0 Å². The van der Waals surface area contributed by atoms with Crippen LogP contribution in [0.1, 0.15) is 11.3 Å². The standard InChI is InChI=1S/C14H10N2OS/c17-14-13(6-5-10-7-8-18-9-10)15-11-3-1-2-4-12(11)16-14/h1-9H,(H,16,17)/b6-5+.